The molecule has 0 spiro atoms. The molecule has 1 fully saturated rings. The number of hydrogen-bond donors (Lipinski definition) is 1. The molecule has 0 aromatic heterocycles. The fraction of sp³-hybridized carbons (Fsp3) is 0.500. The number of carbonyl (C=O) groups is 1. The van der Waals surface area contributed by atoms with E-state index in [0.717, 1.165) is 6.26 Å². The highest BCUT2D eigenvalue weighted by atomic mass is 32.2. The molecule has 7 heteroatoms. The Balaban J connectivity index is 2.09. The molecular weight excluding hydrogens is 294 g/mol. The Morgan fingerprint density at radius 1 is 1.43 bits per heavy atom. The van der Waals surface area contributed by atoms with Gasteiger partial charge in [-0.1, -0.05) is 6.07 Å². The molecule has 0 radical (unpaired) electrons. The van der Waals surface area contributed by atoms with Crippen LogP contribution < -0.4 is 10.5 Å². The van der Waals surface area contributed by atoms with Crippen LogP contribution in [0.3, 0.4) is 0 Å². The largest absolute Gasteiger partial charge is 0.490 e. The number of methoxy groups -OCH3 is 1. The van der Waals surface area contributed by atoms with E-state index in [0.29, 0.717) is 25.0 Å². The van der Waals surface area contributed by atoms with Crippen LogP contribution in [0.5, 0.6) is 5.75 Å². The van der Waals surface area contributed by atoms with Gasteiger partial charge in [0.25, 0.3) is 0 Å². The lowest BCUT2D eigenvalue weighted by Crippen LogP contribution is -2.47. The highest BCUT2D eigenvalue weighted by Gasteiger charge is 2.44. The summed E-state index contributed by atoms with van der Waals surface area (Å²) in [4.78, 5) is 11.8. The van der Waals surface area contributed by atoms with Crippen molar-refractivity contribution >= 4 is 15.8 Å². The first-order valence-electron chi connectivity index (χ1n) is 6.59. The molecule has 116 valence electrons. The standard InChI is InChI=1S/C14H19NO5S/c1-19-13(16)14(15)7-6-11(9-14)20-10-4-3-5-12(8-10)21(2,17)18/h3-5,8,11H,6-7,9,15H2,1-2H3. The molecule has 1 aliphatic carbocycles. The van der Waals surface area contributed by atoms with E-state index >= 15 is 0 Å². The number of hydrogen-bond acceptors (Lipinski definition) is 6. The predicted molar refractivity (Wildman–Crippen MR) is 76.8 cm³/mol. The van der Waals surface area contributed by atoms with Gasteiger partial charge in [-0.2, -0.15) is 0 Å². The zero-order valence-corrected chi connectivity index (χ0v) is 12.9. The summed E-state index contributed by atoms with van der Waals surface area (Å²) in [7, 11) is -1.97. The first-order chi connectivity index (χ1) is 9.74. The van der Waals surface area contributed by atoms with E-state index in [4.69, 9.17) is 15.2 Å². The first-order valence-corrected chi connectivity index (χ1v) is 8.48. The van der Waals surface area contributed by atoms with E-state index in [9.17, 15) is 13.2 Å². The van der Waals surface area contributed by atoms with Crippen LogP contribution in [0.2, 0.25) is 0 Å². The Morgan fingerprint density at radius 3 is 2.76 bits per heavy atom. The molecule has 2 unspecified atom stereocenters. The monoisotopic (exact) mass is 313 g/mol. The zero-order valence-electron chi connectivity index (χ0n) is 12.0. The second-order valence-corrected chi connectivity index (χ2v) is 7.39. The number of ether oxygens (including phenoxy) is 2. The van der Waals surface area contributed by atoms with Gasteiger partial charge >= 0.3 is 5.97 Å². The van der Waals surface area contributed by atoms with Crippen molar-refractivity contribution in [2.45, 2.75) is 35.8 Å². The molecule has 21 heavy (non-hydrogen) atoms. The number of benzene rings is 1. The lowest BCUT2D eigenvalue weighted by atomic mass is 10.00. The van der Waals surface area contributed by atoms with Crippen LogP contribution in [0, 0.1) is 0 Å². The second kappa shape index (κ2) is 5.65. The van der Waals surface area contributed by atoms with Gasteiger partial charge in [0.05, 0.1) is 12.0 Å². The van der Waals surface area contributed by atoms with Crippen molar-refractivity contribution in [2.24, 2.45) is 5.73 Å². The van der Waals surface area contributed by atoms with Crippen molar-refractivity contribution in [3.05, 3.63) is 24.3 Å². The van der Waals surface area contributed by atoms with Crippen molar-refractivity contribution in [3.8, 4) is 5.75 Å². The Bertz CT molecular complexity index is 643. The van der Waals surface area contributed by atoms with Gasteiger partial charge in [0.2, 0.25) is 0 Å². The predicted octanol–water partition coefficient (Wildman–Crippen LogP) is 0.892. The van der Waals surface area contributed by atoms with Crippen LogP contribution >= 0.6 is 0 Å². The summed E-state index contributed by atoms with van der Waals surface area (Å²) in [6, 6.07) is 6.29. The quantitative estimate of drug-likeness (QED) is 0.829. The number of nitrogens with two attached hydrogens (primary N) is 1. The van der Waals surface area contributed by atoms with Crippen molar-refractivity contribution in [1.82, 2.24) is 0 Å². The van der Waals surface area contributed by atoms with Crippen molar-refractivity contribution in [3.63, 3.8) is 0 Å². The van der Waals surface area contributed by atoms with Crippen LogP contribution in [0.1, 0.15) is 19.3 Å². The number of carbonyl (C=O) groups excluding carboxylic acids is 1. The molecule has 0 saturated heterocycles. The third-order valence-corrected chi connectivity index (χ3v) is 4.74. The molecule has 0 bridgehead atoms. The summed E-state index contributed by atoms with van der Waals surface area (Å²) in [6.45, 7) is 0. The topological polar surface area (TPSA) is 95.7 Å². The molecular formula is C14H19NO5S. The lowest BCUT2D eigenvalue weighted by molar-refractivity contribution is -0.147. The molecule has 2 rings (SSSR count). The third-order valence-electron chi connectivity index (χ3n) is 3.63. The fourth-order valence-corrected chi connectivity index (χ4v) is 3.14. The summed E-state index contributed by atoms with van der Waals surface area (Å²) in [5.74, 6) is 0.00975. The van der Waals surface area contributed by atoms with Gasteiger partial charge in [0.15, 0.2) is 9.84 Å². The van der Waals surface area contributed by atoms with Crippen LogP contribution in [0.25, 0.3) is 0 Å². The van der Waals surface area contributed by atoms with Gasteiger partial charge in [-0.3, -0.25) is 4.79 Å². The van der Waals surface area contributed by atoms with E-state index in [1.807, 2.05) is 0 Å². The summed E-state index contributed by atoms with van der Waals surface area (Å²) in [5.41, 5.74) is 4.99. The van der Waals surface area contributed by atoms with E-state index < -0.39 is 21.3 Å². The molecule has 1 aromatic rings. The average molecular weight is 313 g/mol. The Labute approximate surface area is 124 Å². The van der Waals surface area contributed by atoms with E-state index in [2.05, 4.69) is 0 Å². The minimum Gasteiger partial charge on any atom is -0.490 e. The van der Waals surface area contributed by atoms with Crippen molar-refractivity contribution in [2.75, 3.05) is 13.4 Å². The van der Waals surface area contributed by atoms with Gasteiger partial charge in [0, 0.05) is 12.7 Å². The van der Waals surface area contributed by atoms with E-state index in [1.54, 1.807) is 12.1 Å². The maximum atomic E-state index is 11.6. The third kappa shape index (κ3) is 3.54. The van der Waals surface area contributed by atoms with Crippen molar-refractivity contribution < 1.29 is 22.7 Å². The summed E-state index contributed by atoms with van der Waals surface area (Å²) < 4.78 is 33.5. The van der Waals surface area contributed by atoms with Crippen molar-refractivity contribution in [1.29, 1.82) is 0 Å². The fourth-order valence-electron chi connectivity index (χ4n) is 2.49. The van der Waals surface area contributed by atoms with Gasteiger partial charge in [-0.15, -0.1) is 0 Å². The number of esters is 1. The SMILES string of the molecule is COC(=O)C1(N)CCC(Oc2cccc(S(C)(=O)=O)c2)C1. The maximum Gasteiger partial charge on any atom is 0.325 e. The molecule has 1 aliphatic rings. The maximum absolute atomic E-state index is 11.6. The highest BCUT2D eigenvalue weighted by Crippen LogP contribution is 2.32. The lowest BCUT2D eigenvalue weighted by Gasteiger charge is -2.21. The zero-order chi connectivity index (χ0) is 15.7. The summed E-state index contributed by atoms with van der Waals surface area (Å²) >= 11 is 0. The number of rotatable bonds is 4. The van der Waals surface area contributed by atoms with Crippen LogP contribution in [-0.4, -0.2) is 39.4 Å². The van der Waals surface area contributed by atoms with Crippen LogP contribution in [0.15, 0.2) is 29.2 Å². The molecule has 6 nitrogen and oxygen atoms in total. The molecule has 0 amide bonds. The summed E-state index contributed by atoms with van der Waals surface area (Å²) in [5, 5.41) is 0. The molecule has 0 aliphatic heterocycles. The van der Waals surface area contributed by atoms with Crippen LogP contribution in [-0.2, 0) is 19.4 Å². The second-order valence-electron chi connectivity index (χ2n) is 5.38. The Hall–Kier alpha value is -1.60. The van der Waals surface area contributed by atoms with Crippen LogP contribution in [0.4, 0.5) is 0 Å². The van der Waals surface area contributed by atoms with Gasteiger partial charge in [0.1, 0.15) is 17.4 Å². The normalized spacial score (nSPS) is 25.6. The minimum atomic E-state index is -3.28. The minimum absolute atomic E-state index is 0.199. The summed E-state index contributed by atoms with van der Waals surface area (Å²) in [6.07, 6.45) is 2.36. The highest BCUT2D eigenvalue weighted by molar-refractivity contribution is 7.90. The molecule has 1 aromatic carbocycles. The Morgan fingerprint density at radius 2 is 2.14 bits per heavy atom. The van der Waals surface area contributed by atoms with E-state index in [1.165, 1.54) is 19.2 Å². The van der Waals surface area contributed by atoms with Gasteiger partial charge < -0.3 is 15.2 Å². The van der Waals surface area contributed by atoms with E-state index in [-0.39, 0.29) is 11.0 Å². The molecule has 0 heterocycles. The first kappa shape index (κ1) is 15.8. The average Bonchev–Trinajstić information content (AvgIpc) is 2.80. The smallest absolute Gasteiger partial charge is 0.325 e. The van der Waals surface area contributed by atoms with Gasteiger partial charge in [-0.25, -0.2) is 8.42 Å². The Kier molecular flexibility index (Phi) is 4.25. The van der Waals surface area contributed by atoms with Gasteiger partial charge in [-0.05, 0) is 31.0 Å². The molecule has 1 saturated carbocycles. The number of sulfone groups is 1. The molecule has 2 atom stereocenters. The molecule has 2 N–H and O–H groups in total.